The van der Waals surface area contributed by atoms with Gasteiger partial charge in [0, 0.05) is 6.92 Å². The molecule has 5 N–H and O–H groups in total. The van der Waals surface area contributed by atoms with Crippen LogP contribution in [0.15, 0.2) is 0 Å². The van der Waals surface area contributed by atoms with E-state index in [1.807, 2.05) is 0 Å². The van der Waals surface area contributed by atoms with Crippen LogP contribution in [0.1, 0.15) is 6.92 Å². The van der Waals surface area contributed by atoms with Crippen LogP contribution in [0, 0.1) is 0 Å². The van der Waals surface area contributed by atoms with Crippen molar-refractivity contribution >= 4 is 12.3 Å². The topological polar surface area (TPSA) is 135 Å². The summed E-state index contributed by atoms with van der Waals surface area (Å²) >= 11 is 0. The minimum Gasteiger partial charge on any atom is -0.481 e. The lowest BCUT2D eigenvalue weighted by atomic mass is 10.1. The van der Waals surface area contributed by atoms with Crippen LogP contribution in [0.3, 0.4) is 0 Å². The Balaban J connectivity index is 0. The van der Waals surface area contributed by atoms with Crippen molar-refractivity contribution in [2.24, 2.45) is 0 Å². The van der Waals surface area contributed by atoms with Crippen molar-refractivity contribution in [1.82, 2.24) is 0 Å². The minimum absolute atomic E-state index is 0.0869. The van der Waals surface area contributed by atoms with Crippen LogP contribution < -0.4 is 0 Å². The lowest BCUT2D eigenvalue weighted by molar-refractivity contribution is -0.134. The summed E-state index contributed by atoms with van der Waals surface area (Å²) in [7, 11) is 0. The minimum atomic E-state index is -1.64. The molecule has 0 unspecified atom stereocenters. The molecule has 0 spiro atoms. The third-order valence-corrected chi connectivity index (χ3v) is 1.07. The fourth-order valence-electron chi connectivity index (χ4n) is 0.416. The molecule has 7 heteroatoms. The highest BCUT2D eigenvalue weighted by Gasteiger charge is 2.22. The second kappa shape index (κ2) is 8.57. The van der Waals surface area contributed by atoms with E-state index in [0.717, 1.165) is 6.92 Å². The zero-order valence-corrected chi connectivity index (χ0v) is 7.57. The van der Waals surface area contributed by atoms with Crippen LogP contribution in [-0.4, -0.2) is 62.7 Å². The molecule has 0 radical (unpaired) electrons. The highest BCUT2D eigenvalue weighted by molar-refractivity contribution is 5.62. The van der Waals surface area contributed by atoms with Gasteiger partial charge in [-0.15, -0.1) is 0 Å². The highest BCUT2D eigenvalue weighted by atomic mass is 16.4. The monoisotopic (exact) mass is 210 g/mol. The maximum Gasteiger partial charge on any atom is 0.300 e. The summed E-state index contributed by atoms with van der Waals surface area (Å²) in [5, 5.41) is 41.5. The number of carbonyl (C=O) groups is 2. The standard InChI is InChI=1S/C5H10O5.C2H4O2/c6-1-3(8)5(10)4(9)2-7;1-2(3)4/h1,3-5,7-10H,2H2;1H3,(H,3,4)/t3-,4-,5+;/m0./s1. The number of carbonyl (C=O) groups excluding carboxylic acids is 1. The molecule has 0 saturated heterocycles. The van der Waals surface area contributed by atoms with Gasteiger partial charge in [0.1, 0.15) is 18.3 Å². The molecule has 0 aromatic heterocycles. The van der Waals surface area contributed by atoms with Crippen molar-refractivity contribution in [1.29, 1.82) is 0 Å². The Morgan fingerprint density at radius 2 is 1.71 bits per heavy atom. The molecule has 0 aliphatic rings. The number of hydrogen-bond donors (Lipinski definition) is 5. The Morgan fingerprint density at radius 3 is 1.93 bits per heavy atom. The molecule has 0 heterocycles. The van der Waals surface area contributed by atoms with Crippen molar-refractivity contribution in [3.8, 4) is 0 Å². The Labute approximate surface area is 80.2 Å². The predicted octanol–water partition coefficient (Wildman–Crippen LogP) is -2.65. The van der Waals surface area contributed by atoms with Crippen molar-refractivity contribution in [2.75, 3.05) is 6.61 Å². The molecule has 0 bridgehead atoms. The molecule has 0 aromatic carbocycles. The van der Waals surface area contributed by atoms with Gasteiger partial charge in [0.2, 0.25) is 0 Å². The van der Waals surface area contributed by atoms with Gasteiger partial charge in [-0.1, -0.05) is 0 Å². The number of aliphatic hydroxyl groups excluding tert-OH is 4. The van der Waals surface area contributed by atoms with Gasteiger partial charge in [0.05, 0.1) is 6.61 Å². The third-order valence-electron chi connectivity index (χ3n) is 1.07. The molecule has 0 aromatic rings. The van der Waals surface area contributed by atoms with Crippen LogP contribution in [0.25, 0.3) is 0 Å². The Bertz CT molecular complexity index is 165. The van der Waals surface area contributed by atoms with E-state index in [1.54, 1.807) is 0 Å². The summed E-state index contributed by atoms with van der Waals surface area (Å²) in [6, 6.07) is 0. The maximum atomic E-state index is 9.76. The van der Waals surface area contributed by atoms with Gasteiger partial charge >= 0.3 is 0 Å². The first-order valence-corrected chi connectivity index (χ1v) is 3.66. The average Bonchev–Trinajstić information content (AvgIpc) is 2.13. The van der Waals surface area contributed by atoms with Crippen molar-refractivity contribution in [3.63, 3.8) is 0 Å². The molecule has 7 nitrogen and oxygen atoms in total. The Morgan fingerprint density at radius 1 is 1.36 bits per heavy atom. The molecule has 0 rings (SSSR count). The second-order valence-electron chi connectivity index (χ2n) is 2.39. The zero-order valence-electron chi connectivity index (χ0n) is 7.57. The smallest absolute Gasteiger partial charge is 0.300 e. The molecular weight excluding hydrogens is 196 g/mol. The summed E-state index contributed by atoms with van der Waals surface area (Å²) in [5.74, 6) is -0.833. The molecule has 0 aliphatic carbocycles. The quantitative estimate of drug-likeness (QED) is 0.320. The van der Waals surface area contributed by atoms with Gasteiger partial charge in [-0.25, -0.2) is 0 Å². The number of carboxylic acids is 1. The lowest BCUT2D eigenvalue weighted by Gasteiger charge is -2.16. The molecule has 14 heavy (non-hydrogen) atoms. The van der Waals surface area contributed by atoms with Gasteiger partial charge in [0.15, 0.2) is 6.29 Å². The Hall–Kier alpha value is -1.02. The maximum absolute atomic E-state index is 9.76. The molecule has 0 saturated carbocycles. The highest BCUT2D eigenvalue weighted by Crippen LogP contribution is 1.96. The van der Waals surface area contributed by atoms with Crippen LogP contribution in [0.5, 0.6) is 0 Å². The molecule has 0 amide bonds. The fraction of sp³-hybridized carbons (Fsp3) is 0.714. The number of rotatable bonds is 4. The van der Waals surface area contributed by atoms with E-state index < -0.39 is 30.9 Å². The van der Waals surface area contributed by atoms with Crippen molar-refractivity contribution in [3.05, 3.63) is 0 Å². The first-order valence-electron chi connectivity index (χ1n) is 3.66. The normalized spacial score (nSPS) is 15.8. The van der Waals surface area contributed by atoms with Gasteiger partial charge in [-0.3, -0.25) is 4.79 Å². The number of aliphatic carboxylic acids is 1. The zero-order chi connectivity index (χ0) is 11.7. The summed E-state index contributed by atoms with van der Waals surface area (Å²) in [6.07, 6.45) is -4.63. The molecule has 0 fully saturated rings. The number of aliphatic hydroxyl groups is 4. The molecule has 84 valence electrons. The number of aldehydes is 1. The van der Waals surface area contributed by atoms with E-state index in [4.69, 9.17) is 30.3 Å². The third kappa shape index (κ3) is 9.07. The van der Waals surface area contributed by atoms with E-state index in [9.17, 15) is 4.79 Å². The van der Waals surface area contributed by atoms with Gasteiger partial charge < -0.3 is 30.3 Å². The summed E-state index contributed by atoms with van der Waals surface area (Å²) < 4.78 is 0. The van der Waals surface area contributed by atoms with Gasteiger partial charge in [-0.2, -0.15) is 0 Å². The average molecular weight is 210 g/mol. The predicted molar refractivity (Wildman–Crippen MR) is 44.5 cm³/mol. The second-order valence-corrected chi connectivity index (χ2v) is 2.39. The van der Waals surface area contributed by atoms with Gasteiger partial charge in [0.25, 0.3) is 5.97 Å². The van der Waals surface area contributed by atoms with E-state index >= 15 is 0 Å². The summed E-state index contributed by atoms with van der Waals surface area (Å²) in [5.41, 5.74) is 0. The van der Waals surface area contributed by atoms with Crippen molar-refractivity contribution in [2.45, 2.75) is 25.2 Å². The largest absolute Gasteiger partial charge is 0.481 e. The molecule has 0 aliphatic heterocycles. The van der Waals surface area contributed by atoms with E-state index in [-0.39, 0.29) is 6.29 Å². The van der Waals surface area contributed by atoms with Crippen LogP contribution in [0.2, 0.25) is 0 Å². The fourth-order valence-corrected chi connectivity index (χ4v) is 0.416. The SMILES string of the molecule is CC(=O)O.O=C[C@H](O)[C@@H](O)[C@@H](O)CO. The van der Waals surface area contributed by atoms with Crippen LogP contribution >= 0.6 is 0 Å². The number of hydrogen-bond acceptors (Lipinski definition) is 6. The molecule has 3 atom stereocenters. The van der Waals surface area contributed by atoms with E-state index in [1.165, 1.54) is 0 Å². The first kappa shape index (κ1) is 15.5. The molecular formula is C7H14O7. The lowest BCUT2D eigenvalue weighted by Crippen LogP contribution is -2.40. The first-order chi connectivity index (χ1) is 6.36. The number of carboxylic acid groups (broad SMARTS) is 1. The summed E-state index contributed by atoms with van der Waals surface area (Å²) in [6.45, 7) is 0.395. The van der Waals surface area contributed by atoms with Crippen molar-refractivity contribution < 1.29 is 35.1 Å². The van der Waals surface area contributed by atoms with E-state index in [2.05, 4.69) is 0 Å². The van der Waals surface area contributed by atoms with Gasteiger partial charge in [-0.05, 0) is 0 Å². The van der Waals surface area contributed by atoms with Crippen LogP contribution in [0.4, 0.5) is 0 Å². The Kier molecular flexibility index (Phi) is 9.46. The summed E-state index contributed by atoms with van der Waals surface area (Å²) in [4.78, 5) is 18.8. The van der Waals surface area contributed by atoms with E-state index in [0.29, 0.717) is 0 Å². The van der Waals surface area contributed by atoms with Crippen LogP contribution in [-0.2, 0) is 9.59 Å².